The first kappa shape index (κ1) is 34.6. The topological polar surface area (TPSA) is 93.5 Å². The number of rotatable bonds is 11. The van der Waals surface area contributed by atoms with Gasteiger partial charge in [0.15, 0.2) is 0 Å². The van der Waals surface area contributed by atoms with Crippen LogP contribution in [-0.2, 0) is 35.6 Å². The van der Waals surface area contributed by atoms with Gasteiger partial charge in [-0.25, -0.2) is 9.18 Å². The highest BCUT2D eigenvalue weighted by Gasteiger charge is 2.47. The van der Waals surface area contributed by atoms with Gasteiger partial charge in [0.1, 0.15) is 23.2 Å². The fourth-order valence-corrected chi connectivity index (χ4v) is 6.21. The molecule has 2 N–H and O–H groups in total. The molecule has 0 unspecified atom stereocenters. The van der Waals surface area contributed by atoms with Gasteiger partial charge in [-0.1, -0.05) is 91.0 Å². The van der Waals surface area contributed by atoms with Crippen LogP contribution >= 0.6 is 0 Å². The minimum absolute atomic E-state index is 0.0801. The van der Waals surface area contributed by atoms with Crippen molar-refractivity contribution in [3.8, 4) is 5.75 Å². The number of aliphatic hydroxyl groups is 1. The van der Waals surface area contributed by atoms with Crippen molar-refractivity contribution in [1.82, 2.24) is 14.7 Å². The average molecular weight is 654 g/mol. The van der Waals surface area contributed by atoms with Crippen molar-refractivity contribution in [2.75, 3.05) is 13.1 Å². The minimum Gasteiger partial charge on any atom is -0.508 e. The fourth-order valence-electron chi connectivity index (χ4n) is 6.21. The van der Waals surface area contributed by atoms with Crippen LogP contribution in [0, 0.1) is 5.82 Å². The second-order valence-electron chi connectivity index (χ2n) is 13.3. The number of phenolic OH excluding ortho intramolecular Hbond substituents is 1. The predicted molar refractivity (Wildman–Crippen MR) is 182 cm³/mol. The number of aromatic hydroxyl groups is 1. The van der Waals surface area contributed by atoms with Gasteiger partial charge in [-0.15, -0.1) is 0 Å². The van der Waals surface area contributed by atoms with Gasteiger partial charge in [-0.3, -0.25) is 14.6 Å². The standard InChI is InChI=1S/C39H44FN3O5/c1-39(2,3)48-38(47)43-20-19-41(25-28-13-7-4-8-14-28)37(46)35(43)36(45)34(23-31-21-32(40)24-33(44)22-31)42(26-29-15-9-5-10-16-29)27-30-17-11-6-12-18-30/h4-18,21-22,24,34-36,44-45H,19-20,23,25-27H2,1-3H3/t34-,35+,36+/m1/s1. The van der Waals surface area contributed by atoms with E-state index in [1.54, 1.807) is 25.7 Å². The van der Waals surface area contributed by atoms with Gasteiger partial charge < -0.3 is 19.8 Å². The van der Waals surface area contributed by atoms with Crippen LogP contribution in [0.3, 0.4) is 0 Å². The molecule has 0 aromatic heterocycles. The summed E-state index contributed by atoms with van der Waals surface area (Å²) in [6.07, 6.45) is -2.04. The summed E-state index contributed by atoms with van der Waals surface area (Å²) in [4.78, 5) is 33.2. The first-order valence-electron chi connectivity index (χ1n) is 16.3. The van der Waals surface area contributed by atoms with E-state index in [0.717, 1.165) is 22.8 Å². The molecule has 4 aromatic rings. The summed E-state index contributed by atoms with van der Waals surface area (Å²) in [5.74, 6) is -1.27. The minimum atomic E-state index is -1.43. The summed E-state index contributed by atoms with van der Waals surface area (Å²) >= 11 is 0. The zero-order valence-corrected chi connectivity index (χ0v) is 27.7. The fraction of sp³-hybridized carbons (Fsp3) is 0.333. The van der Waals surface area contributed by atoms with Gasteiger partial charge in [0.25, 0.3) is 0 Å². The molecule has 1 heterocycles. The van der Waals surface area contributed by atoms with E-state index in [2.05, 4.69) is 0 Å². The predicted octanol–water partition coefficient (Wildman–Crippen LogP) is 6.15. The van der Waals surface area contributed by atoms with E-state index < -0.39 is 41.6 Å². The SMILES string of the molecule is CC(C)(C)OC(=O)N1CCN(Cc2ccccc2)C(=O)[C@@H]1[C@@H](O)[C@@H](Cc1cc(O)cc(F)c1)N(Cc1ccccc1)Cc1ccccc1. The molecule has 2 amide bonds. The second kappa shape index (κ2) is 15.4. The van der Waals surface area contributed by atoms with Gasteiger partial charge in [0, 0.05) is 44.8 Å². The van der Waals surface area contributed by atoms with Crippen LogP contribution in [0.1, 0.15) is 43.0 Å². The number of carbonyl (C=O) groups excluding carboxylic acids is 2. The van der Waals surface area contributed by atoms with Gasteiger partial charge in [0.2, 0.25) is 5.91 Å². The van der Waals surface area contributed by atoms with E-state index in [9.17, 15) is 24.2 Å². The van der Waals surface area contributed by atoms with Crippen LogP contribution < -0.4 is 0 Å². The lowest BCUT2D eigenvalue weighted by atomic mass is 9.91. The number of aliphatic hydroxyl groups excluding tert-OH is 1. The smallest absolute Gasteiger partial charge is 0.411 e. The Hall–Kier alpha value is -4.73. The van der Waals surface area contributed by atoms with E-state index in [1.165, 1.54) is 17.0 Å². The Morgan fingerprint density at radius 2 is 1.40 bits per heavy atom. The maximum absolute atomic E-state index is 14.6. The summed E-state index contributed by atoms with van der Waals surface area (Å²) in [6.45, 7) is 6.76. The summed E-state index contributed by atoms with van der Waals surface area (Å²) in [5, 5.41) is 22.8. The van der Waals surface area contributed by atoms with Gasteiger partial charge in [-0.2, -0.15) is 0 Å². The number of amides is 2. The van der Waals surface area contributed by atoms with Crippen LogP contribution in [0.2, 0.25) is 0 Å². The number of carbonyl (C=O) groups is 2. The second-order valence-corrected chi connectivity index (χ2v) is 13.3. The first-order chi connectivity index (χ1) is 23.0. The number of hydrogen-bond acceptors (Lipinski definition) is 6. The molecule has 0 saturated carbocycles. The third kappa shape index (κ3) is 9.20. The molecule has 4 aromatic carbocycles. The number of ether oxygens (including phenoxy) is 1. The van der Waals surface area contributed by atoms with Crippen molar-refractivity contribution in [1.29, 1.82) is 0 Å². The van der Waals surface area contributed by atoms with E-state index in [1.807, 2.05) is 95.9 Å². The van der Waals surface area contributed by atoms with Crippen molar-refractivity contribution in [3.63, 3.8) is 0 Å². The van der Waals surface area contributed by atoms with E-state index >= 15 is 0 Å². The van der Waals surface area contributed by atoms with Crippen molar-refractivity contribution in [2.45, 2.75) is 70.6 Å². The number of halogens is 1. The molecule has 3 atom stereocenters. The van der Waals surface area contributed by atoms with E-state index in [-0.39, 0.29) is 25.3 Å². The van der Waals surface area contributed by atoms with Crippen molar-refractivity contribution in [3.05, 3.63) is 137 Å². The van der Waals surface area contributed by atoms with E-state index in [4.69, 9.17) is 4.74 Å². The zero-order chi connectivity index (χ0) is 34.3. The maximum atomic E-state index is 14.6. The molecule has 1 saturated heterocycles. The number of piperazine rings is 1. The monoisotopic (exact) mass is 653 g/mol. The van der Waals surface area contributed by atoms with Crippen molar-refractivity contribution >= 4 is 12.0 Å². The largest absolute Gasteiger partial charge is 0.508 e. The van der Waals surface area contributed by atoms with Crippen molar-refractivity contribution < 1.29 is 28.9 Å². The Morgan fingerprint density at radius 1 is 0.854 bits per heavy atom. The van der Waals surface area contributed by atoms with Crippen LogP contribution in [0.4, 0.5) is 9.18 Å². The number of nitrogens with zero attached hydrogens (tertiary/aromatic N) is 3. The number of phenols is 1. The third-order valence-corrected chi connectivity index (χ3v) is 8.39. The molecule has 9 heteroatoms. The summed E-state index contributed by atoms with van der Waals surface area (Å²) in [6, 6.07) is 30.8. The highest BCUT2D eigenvalue weighted by molar-refractivity contribution is 5.87. The Balaban J connectivity index is 1.58. The highest BCUT2D eigenvalue weighted by Crippen LogP contribution is 2.28. The molecule has 1 fully saturated rings. The average Bonchev–Trinajstić information content (AvgIpc) is 3.04. The molecule has 0 bridgehead atoms. The lowest BCUT2D eigenvalue weighted by molar-refractivity contribution is -0.150. The van der Waals surface area contributed by atoms with Crippen molar-refractivity contribution in [2.24, 2.45) is 0 Å². The maximum Gasteiger partial charge on any atom is 0.411 e. The quantitative estimate of drug-likeness (QED) is 0.202. The van der Waals surface area contributed by atoms with Crippen LogP contribution in [0.25, 0.3) is 0 Å². The van der Waals surface area contributed by atoms with Crippen LogP contribution in [0.15, 0.2) is 109 Å². The number of hydrogen-bond donors (Lipinski definition) is 2. The van der Waals surface area contributed by atoms with Crippen LogP contribution in [-0.4, -0.2) is 73.8 Å². The first-order valence-corrected chi connectivity index (χ1v) is 16.3. The summed E-state index contributed by atoms with van der Waals surface area (Å²) in [5.41, 5.74) is 2.47. The third-order valence-electron chi connectivity index (χ3n) is 8.39. The lowest BCUT2D eigenvalue weighted by Gasteiger charge is -2.46. The molecule has 48 heavy (non-hydrogen) atoms. The van der Waals surface area contributed by atoms with Gasteiger partial charge >= 0.3 is 6.09 Å². The van der Waals surface area contributed by atoms with E-state index in [0.29, 0.717) is 25.2 Å². The summed E-state index contributed by atoms with van der Waals surface area (Å²) < 4.78 is 20.4. The van der Waals surface area contributed by atoms with Gasteiger partial charge in [-0.05, 0) is 61.6 Å². The molecule has 5 rings (SSSR count). The lowest BCUT2D eigenvalue weighted by Crippen LogP contribution is -2.66. The van der Waals surface area contributed by atoms with Crippen LogP contribution in [0.5, 0.6) is 5.75 Å². The molecule has 1 aliphatic heterocycles. The normalized spacial score (nSPS) is 16.5. The molecule has 0 radical (unpaired) electrons. The molecule has 252 valence electrons. The Morgan fingerprint density at radius 3 is 1.92 bits per heavy atom. The summed E-state index contributed by atoms with van der Waals surface area (Å²) in [7, 11) is 0. The highest BCUT2D eigenvalue weighted by atomic mass is 19.1. The Bertz CT molecular complexity index is 1590. The van der Waals surface area contributed by atoms with Gasteiger partial charge in [0.05, 0.1) is 6.10 Å². The molecule has 0 aliphatic carbocycles. The molecule has 0 spiro atoms. The molecular formula is C39H44FN3O5. The zero-order valence-electron chi connectivity index (χ0n) is 27.7. The molecule has 1 aliphatic rings. The Kier molecular flexibility index (Phi) is 11.1. The molecule has 8 nitrogen and oxygen atoms in total. The Labute approximate surface area is 282 Å². The molecular weight excluding hydrogens is 609 g/mol. The number of benzene rings is 4.